The lowest BCUT2D eigenvalue weighted by Crippen LogP contribution is -2.24. The Kier molecular flexibility index (Phi) is 8.23. The van der Waals surface area contributed by atoms with E-state index in [1.165, 1.54) is 30.4 Å². The topological polar surface area (TPSA) is 88.2 Å². The Morgan fingerprint density at radius 1 is 1.18 bits per heavy atom. The van der Waals surface area contributed by atoms with Gasteiger partial charge in [-0.1, -0.05) is 26.0 Å². The molecule has 0 aliphatic heterocycles. The van der Waals surface area contributed by atoms with Gasteiger partial charge in [0.1, 0.15) is 11.5 Å². The highest BCUT2D eigenvalue weighted by atomic mass is 32.2. The highest BCUT2D eigenvalue weighted by Gasteiger charge is 2.33. The first kappa shape index (κ1) is 26.3. The number of rotatable bonds is 8. The fourth-order valence-electron chi connectivity index (χ4n) is 2.97. The van der Waals surface area contributed by atoms with E-state index >= 15 is 0 Å². The Hall–Kier alpha value is -2.95. The molecule has 6 nitrogen and oxygen atoms in total. The molecule has 2 rings (SSSR count). The molecule has 0 fully saturated rings. The van der Waals surface area contributed by atoms with Crippen LogP contribution in [0.2, 0.25) is 0 Å². The second kappa shape index (κ2) is 10.3. The molecule has 0 saturated carbocycles. The van der Waals surface area contributed by atoms with Crippen LogP contribution in [-0.4, -0.2) is 25.6 Å². The summed E-state index contributed by atoms with van der Waals surface area (Å²) in [5, 5.41) is 2.63. The fourth-order valence-corrected chi connectivity index (χ4v) is 3.53. The van der Waals surface area contributed by atoms with Crippen LogP contribution in [0.25, 0.3) is 6.08 Å². The van der Waals surface area contributed by atoms with Crippen LogP contribution in [0.15, 0.2) is 36.4 Å². The average Bonchev–Trinajstić information content (AvgIpc) is 2.71. The normalized spacial score (nSPS) is 14.2. The lowest BCUT2D eigenvalue weighted by atomic mass is 9.98. The number of pyridine rings is 1. The highest BCUT2D eigenvalue weighted by molar-refractivity contribution is 7.92. The standard InChI is InChI=1S/C22H25F4N3O3S/c1-5-13(2)21-15(7-10-19(28-21)22(24,25)26)8-11-20(30)27-14(3)16-6-9-18(17(23)12-16)29-33(4,31)32/h6-14,29H,5H2,1-4H3,(H,27,30)/b11-8+. The maximum Gasteiger partial charge on any atom is 0.433 e. The summed E-state index contributed by atoms with van der Waals surface area (Å²) in [4.78, 5) is 16.1. The molecule has 2 N–H and O–H groups in total. The zero-order valence-electron chi connectivity index (χ0n) is 18.5. The van der Waals surface area contributed by atoms with Crippen molar-refractivity contribution >= 4 is 27.7 Å². The summed E-state index contributed by atoms with van der Waals surface area (Å²) >= 11 is 0. The Balaban J connectivity index is 2.17. The second-order valence-electron chi connectivity index (χ2n) is 7.66. The van der Waals surface area contributed by atoms with Crippen LogP contribution in [0.4, 0.5) is 23.2 Å². The third kappa shape index (κ3) is 7.55. The number of hydrogen-bond acceptors (Lipinski definition) is 4. The summed E-state index contributed by atoms with van der Waals surface area (Å²) in [6.45, 7) is 5.18. The zero-order valence-corrected chi connectivity index (χ0v) is 19.3. The Morgan fingerprint density at radius 3 is 2.39 bits per heavy atom. The number of carbonyl (C=O) groups excluding carboxylic acids is 1. The van der Waals surface area contributed by atoms with Crippen molar-refractivity contribution in [3.05, 3.63) is 64.7 Å². The first-order valence-electron chi connectivity index (χ1n) is 10.0. The predicted octanol–water partition coefficient (Wildman–Crippen LogP) is 5.02. The van der Waals surface area contributed by atoms with Crippen LogP contribution in [0.1, 0.15) is 61.7 Å². The number of carbonyl (C=O) groups is 1. The summed E-state index contributed by atoms with van der Waals surface area (Å²) in [6.07, 6.45) is -0.555. The lowest BCUT2D eigenvalue weighted by Gasteiger charge is -2.16. The van der Waals surface area contributed by atoms with E-state index in [2.05, 4.69) is 10.3 Å². The number of sulfonamides is 1. The van der Waals surface area contributed by atoms with Crippen LogP contribution in [0.3, 0.4) is 0 Å². The Bertz CT molecular complexity index is 1150. The molecule has 0 aliphatic carbocycles. The molecule has 0 radical (unpaired) electrons. The summed E-state index contributed by atoms with van der Waals surface area (Å²) in [5.74, 6) is -1.60. The Morgan fingerprint density at radius 2 is 1.85 bits per heavy atom. The number of aromatic nitrogens is 1. The van der Waals surface area contributed by atoms with Gasteiger partial charge in [-0.15, -0.1) is 0 Å². The molecule has 0 spiro atoms. The third-order valence-corrected chi connectivity index (χ3v) is 5.48. The van der Waals surface area contributed by atoms with E-state index in [1.807, 2.05) is 11.6 Å². The van der Waals surface area contributed by atoms with Gasteiger partial charge in [0.05, 0.1) is 23.7 Å². The van der Waals surface area contributed by atoms with Crippen molar-refractivity contribution < 1.29 is 30.8 Å². The molecule has 0 aliphatic rings. The molecule has 33 heavy (non-hydrogen) atoms. The van der Waals surface area contributed by atoms with Gasteiger partial charge in [-0.2, -0.15) is 13.2 Å². The molecule has 2 aromatic rings. The minimum absolute atomic E-state index is 0.216. The minimum atomic E-state index is -4.57. The number of halogens is 4. The van der Waals surface area contributed by atoms with Crippen molar-refractivity contribution in [1.29, 1.82) is 0 Å². The van der Waals surface area contributed by atoms with Gasteiger partial charge >= 0.3 is 6.18 Å². The zero-order chi connectivity index (χ0) is 25.0. The molecule has 2 atom stereocenters. The monoisotopic (exact) mass is 487 g/mol. The van der Waals surface area contributed by atoms with Crippen molar-refractivity contribution in [1.82, 2.24) is 10.3 Å². The largest absolute Gasteiger partial charge is 0.433 e. The number of amides is 1. The van der Waals surface area contributed by atoms with E-state index < -0.39 is 39.7 Å². The summed E-state index contributed by atoms with van der Waals surface area (Å²) in [7, 11) is -3.64. The van der Waals surface area contributed by atoms with Crippen molar-refractivity contribution in [3.63, 3.8) is 0 Å². The first-order valence-corrected chi connectivity index (χ1v) is 11.9. The molecule has 2 unspecified atom stereocenters. The van der Waals surface area contributed by atoms with E-state index in [1.54, 1.807) is 13.8 Å². The van der Waals surface area contributed by atoms with Crippen LogP contribution < -0.4 is 10.0 Å². The summed E-state index contributed by atoms with van der Waals surface area (Å²) in [6, 6.07) is 5.32. The molecule has 11 heteroatoms. The average molecular weight is 488 g/mol. The van der Waals surface area contributed by atoms with Gasteiger partial charge in [0.25, 0.3) is 0 Å². The third-order valence-electron chi connectivity index (χ3n) is 4.89. The van der Waals surface area contributed by atoms with E-state index in [0.717, 1.165) is 18.4 Å². The number of benzene rings is 1. The number of hydrogen-bond donors (Lipinski definition) is 2. The molecule has 0 bridgehead atoms. The Labute approximate surface area is 190 Å². The van der Waals surface area contributed by atoms with Crippen LogP contribution >= 0.6 is 0 Å². The van der Waals surface area contributed by atoms with E-state index in [0.29, 0.717) is 17.5 Å². The molecule has 1 aromatic heterocycles. The van der Waals surface area contributed by atoms with Gasteiger partial charge in [-0.05, 0) is 54.7 Å². The lowest BCUT2D eigenvalue weighted by molar-refractivity contribution is -0.141. The number of alkyl halides is 3. The van der Waals surface area contributed by atoms with Gasteiger partial charge in [0.15, 0.2) is 0 Å². The van der Waals surface area contributed by atoms with E-state index in [-0.39, 0.29) is 17.3 Å². The number of nitrogens with one attached hydrogen (secondary N) is 2. The van der Waals surface area contributed by atoms with Gasteiger partial charge in [-0.25, -0.2) is 17.8 Å². The SMILES string of the molecule is CCC(C)c1nc(C(F)(F)F)ccc1/C=C/C(=O)NC(C)c1ccc(NS(C)(=O)=O)c(F)c1. The molecule has 180 valence electrons. The van der Waals surface area contributed by atoms with Gasteiger partial charge < -0.3 is 5.32 Å². The molecule has 1 amide bonds. The summed E-state index contributed by atoms with van der Waals surface area (Å²) < 4.78 is 77.8. The molecule has 0 saturated heterocycles. The van der Waals surface area contributed by atoms with Crippen molar-refractivity contribution in [2.45, 2.75) is 45.3 Å². The smallest absolute Gasteiger partial charge is 0.346 e. The quantitative estimate of drug-likeness (QED) is 0.405. The predicted molar refractivity (Wildman–Crippen MR) is 118 cm³/mol. The highest BCUT2D eigenvalue weighted by Crippen LogP contribution is 2.31. The minimum Gasteiger partial charge on any atom is -0.346 e. The van der Waals surface area contributed by atoms with Crippen LogP contribution in [0.5, 0.6) is 0 Å². The van der Waals surface area contributed by atoms with Gasteiger partial charge in [0, 0.05) is 6.08 Å². The maximum absolute atomic E-state index is 14.2. The van der Waals surface area contributed by atoms with E-state index in [4.69, 9.17) is 0 Å². The fraction of sp³-hybridized carbons (Fsp3) is 0.364. The maximum atomic E-state index is 14.2. The van der Waals surface area contributed by atoms with Crippen molar-refractivity contribution in [2.24, 2.45) is 0 Å². The van der Waals surface area contributed by atoms with Crippen LogP contribution in [0, 0.1) is 5.82 Å². The molecular formula is C22H25F4N3O3S. The van der Waals surface area contributed by atoms with Crippen molar-refractivity contribution in [2.75, 3.05) is 11.0 Å². The van der Waals surface area contributed by atoms with Crippen LogP contribution in [-0.2, 0) is 21.0 Å². The first-order chi connectivity index (χ1) is 15.2. The number of anilines is 1. The van der Waals surface area contributed by atoms with Crippen molar-refractivity contribution in [3.8, 4) is 0 Å². The molecule has 1 heterocycles. The van der Waals surface area contributed by atoms with Gasteiger partial charge in [-0.3, -0.25) is 9.52 Å². The molecular weight excluding hydrogens is 462 g/mol. The van der Waals surface area contributed by atoms with Gasteiger partial charge in [0.2, 0.25) is 15.9 Å². The molecule has 1 aromatic carbocycles. The summed E-state index contributed by atoms with van der Waals surface area (Å²) in [5.41, 5.74) is -0.191. The second-order valence-corrected chi connectivity index (χ2v) is 9.40. The number of nitrogens with zero attached hydrogens (tertiary/aromatic N) is 1. The van der Waals surface area contributed by atoms with E-state index in [9.17, 15) is 30.8 Å².